The molecule has 1 aliphatic rings. The topological polar surface area (TPSA) is 123 Å². The summed E-state index contributed by atoms with van der Waals surface area (Å²) in [6.07, 6.45) is 3.36. The summed E-state index contributed by atoms with van der Waals surface area (Å²) in [6, 6.07) is 4.05. The average Bonchev–Trinajstić information content (AvgIpc) is 2.62. The number of sulfonamides is 1. The molecule has 1 fully saturated rings. The molecular formula is C17H26N4O4S2. The van der Waals surface area contributed by atoms with E-state index >= 15 is 0 Å². The minimum Gasteiger partial charge on any atom is -0.496 e. The van der Waals surface area contributed by atoms with E-state index in [1.165, 1.54) is 25.7 Å². The van der Waals surface area contributed by atoms with Crippen molar-refractivity contribution in [1.29, 1.82) is 0 Å². The number of ether oxygens (including phenoxy) is 1. The van der Waals surface area contributed by atoms with Gasteiger partial charge in [-0.2, -0.15) is 0 Å². The molecule has 8 nitrogen and oxygen atoms in total. The summed E-state index contributed by atoms with van der Waals surface area (Å²) in [6.45, 7) is 4.41. The highest BCUT2D eigenvalue weighted by molar-refractivity contribution is 7.89. The van der Waals surface area contributed by atoms with Crippen molar-refractivity contribution >= 4 is 33.3 Å². The van der Waals surface area contributed by atoms with Crippen LogP contribution >= 0.6 is 12.2 Å². The third kappa shape index (κ3) is 5.53. The molecule has 1 aliphatic carbocycles. The van der Waals surface area contributed by atoms with Crippen molar-refractivity contribution in [2.45, 2.75) is 44.0 Å². The number of carbonyl (C=O) groups excluding carboxylic acids is 1. The summed E-state index contributed by atoms with van der Waals surface area (Å²) >= 11 is 5.26. The number of amides is 1. The van der Waals surface area contributed by atoms with Crippen LogP contribution in [0.15, 0.2) is 23.1 Å². The van der Waals surface area contributed by atoms with E-state index in [1.807, 2.05) is 0 Å². The van der Waals surface area contributed by atoms with E-state index in [0.29, 0.717) is 16.9 Å². The lowest BCUT2D eigenvalue weighted by Gasteiger charge is -2.35. The minimum atomic E-state index is -3.94. The zero-order valence-corrected chi connectivity index (χ0v) is 17.2. The van der Waals surface area contributed by atoms with Crippen LogP contribution in [0.1, 0.15) is 43.5 Å². The maximum atomic E-state index is 12.4. The number of rotatable bonds is 4. The fourth-order valence-corrected chi connectivity index (χ4v) is 3.95. The Balaban J connectivity index is 2.01. The minimum absolute atomic E-state index is 0.0268. The first kappa shape index (κ1) is 21.4. The zero-order chi connectivity index (χ0) is 20.2. The third-order valence-corrected chi connectivity index (χ3v) is 6.19. The average molecular weight is 415 g/mol. The summed E-state index contributed by atoms with van der Waals surface area (Å²) in [5.74, 6) is 0.710. The number of primary sulfonamides is 1. The Labute approximate surface area is 165 Å². The molecule has 0 radical (unpaired) electrons. The van der Waals surface area contributed by atoms with Crippen LogP contribution in [0, 0.1) is 11.8 Å². The molecule has 27 heavy (non-hydrogen) atoms. The van der Waals surface area contributed by atoms with Gasteiger partial charge in [0.2, 0.25) is 10.0 Å². The number of carbonyl (C=O) groups is 1. The summed E-state index contributed by atoms with van der Waals surface area (Å²) in [4.78, 5) is 12.3. The van der Waals surface area contributed by atoms with Gasteiger partial charge >= 0.3 is 0 Å². The maximum absolute atomic E-state index is 12.4. The first-order valence-electron chi connectivity index (χ1n) is 8.71. The Hall–Kier alpha value is -1.91. The molecule has 1 aromatic carbocycles. The van der Waals surface area contributed by atoms with Gasteiger partial charge in [0.15, 0.2) is 5.11 Å². The van der Waals surface area contributed by atoms with E-state index in [2.05, 4.69) is 30.0 Å². The molecule has 0 aromatic heterocycles. The Bertz CT molecular complexity index is 813. The van der Waals surface area contributed by atoms with E-state index in [-0.39, 0.29) is 22.3 Å². The van der Waals surface area contributed by atoms with Gasteiger partial charge in [-0.1, -0.05) is 26.7 Å². The highest BCUT2D eigenvalue weighted by Crippen LogP contribution is 2.29. The molecule has 10 heteroatoms. The fraction of sp³-hybridized carbons (Fsp3) is 0.529. The number of hydrogen-bond donors (Lipinski definition) is 4. The third-order valence-electron chi connectivity index (χ3n) is 5.06. The summed E-state index contributed by atoms with van der Waals surface area (Å²) in [7, 11) is -2.56. The van der Waals surface area contributed by atoms with Crippen LogP contribution in [0.5, 0.6) is 5.75 Å². The van der Waals surface area contributed by atoms with Gasteiger partial charge in [-0.05, 0) is 48.7 Å². The quantitative estimate of drug-likeness (QED) is 0.432. The van der Waals surface area contributed by atoms with Gasteiger partial charge in [-0.15, -0.1) is 0 Å². The Morgan fingerprint density at radius 1 is 1.26 bits per heavy atom. The number of methoxy groups -OCH3 is 1. The van der Waals surface area contributed by atoms with E-state index in [9.17, 15) is 13.2 Å². The van der Waals surface area contributed by atoms with Crippen LogP contribution in [0.2, 0.25) is 0 Å². The highest BCUT2D eigenvalue weighted by Gasteiger charge is 2.27. The van der Waals surface area contributed by atoms with Crippen molar-refractivity contribution < 1.29 is 17.9 Å². The predicted octanol–water partition coefficient (Wildman–Crippen LogP) is 1.28. The number of hydrogen-bond acceptors (Lipinski definition) is 5. The molecule has 150 valence electrons. The second-order valence-electron chi connectivity index (χ2n) is 6.83. The van der Waals surface area contributed by atoms with Crippen LogP contribution in [-0.4, -0.2) is 32.6 Å². The van der Waals surface area contributed by atoms with Gasteiger partial charge in [-0.25, -0.2) is 13.6 Å². The summed E-state index contributed by atoms with van der Waals surface area (Å²) in [5.41, 5.74) is 5.14. The van der Waals surface area contributed by atoms with Gasteiger partial charge in [0.1, 0.15) is 5.75 Å². The number of nitrogens with one attached hydrogen (secondary N) is 3. The lowest BCUT2D eigenvalue weighted by molar-refractivity contribution is 0.0940. The number of nitrogens with two attached hydrogens (primary N) is 1. The molecule has 0 saturated heterocycles. The van der Waals surface area contributed by atoms with Crippen molar-refractivity contribution in [2.24, 2.45) is 17.0 Å². The molecule has 1 amide bonds. The van der Waals surface area contributed by atoms with Gasteiger partial charge in [0, 0.05) is 6.04 Å². The van der Waals surface area contributed by atoms with Gasteiger partial charge < -0.3 is 10.1 Å². The van der Waals surface area contributed by atoms with Crippen molar-refractivity contribution in [1.82, 2.24) is 16.2 Å². The van der Waals surface area contributed by atoms with Crippen molar-refractivity contribution in [3.8, 4) is 5.75 Å². The highest BCUT2D eigenvalue weighted by atomic mass is 32.2. The summed E-state index contributed by atoms with van der Waals surface area (Å²) < 4.78 is 28.1. The molecule has 5 N–H and O–H groups in total. The second-order valence-corrected chi connectivity index (χ2v) is 8.80. The van der Waals surface area contributed by atoms with Crippen molar-refractivity contribution in [3.63, 3.8) is 0 Å². The Kier molecular flexibility index (Phi) is 7.01. The van der Waals surface area contributed by atoms with E-state index in [1.54, 1.807) is 0 Å². The Morgan fingerprint density at radius 3 is 2.59 bits per heavy atom. The summed E-state index contributed by atoms with van der Waals surface area (Å²) in [5, 5.41) is 8.65. The van der Waals surface area contributed by atoms with Crippen molar-refractivity contribution in [3.05, 3.63) is 23.8 Å². The SMILES string of the molecule is COc1ccc(S(N)(=O)=O)cc1C(=O)NNC(=S)N[C@@H]1CCC[C@H](C)[C@H]1C. The fourth-order valence-electron chi connectivity index (χ4n) is 3.21. The lowest BCUT2D eigenvalue weighted by Crippen LogP contribution is -2.52. The van der Waals surface area contributed by atoms with Crippen LogP contribution < -0.4 is 26.0 Å². The number of hydrazine groups is 1. The van der Waals surface area contributed by atoms with Crippen molar-refractivity contribution in [2.75, 3.05) is 7.11 Å². The van der Waals surface area contributed by atoms with Gasteiger partial charge in [0.05, 0.1) is 17.6 Å². The van der Waals surface area contributed by atoms with Crippen LogP contribution in [0.3, 0.4) is 0 Å². The molecule has 1 saturated carbocycles. The molecule has 2 rings (SSSR count). The monoisotopic (exact) mass is 414 g/mol. The number of benzene rings is 1. The molecular weight excluding hydrogens is 388 g/mol. The molecule has 0 aliphatic heterocycles. The van der Waals surface area contributed by atoms with Crippen LogP contribution in [-0.2, 0) is 10.0 Å². The normalized spacial score (nSPS) is 22.6. The maximum Gasteiger partial charge on any atom is 0.273 e. The molecule has 1 aromatic rings. The van der Waals surface area contributed by atoms with Crippen LogP contribution in [0.25, 0.3) is 0 Å². The molecule has 0 heterocycles. The molecule has 3 atom stereocenters. The molecule has 0 bridgehead atoms. The van der Waals surface area contributed by atoms with Gasteiger partial charge in [0.25, 0.3) is 5.91 Å². The van der Waals surface area contributed by atoms with Crippen LogP contribution in [0.4, 0.5) is 0 Å². The largest absolute Gasteiger partial charge is 0.496 e. The molecule has 0 unspecified atom stereocenters. The predicted molar refractivity (Wildman–Crippen MR) is 107 cm³/mol. The molecule has 0 spiro atoms. The van der Waals surface area contributed by atoms with E-state index < -0.39 is 15.9 Å². The van der Waals surface area contributed by atoms with E-state index in [4.69, 9.17) is 22.1 Å². The first-order chi connectivity index (χ1) is 12.6. The number of thiocarbonyl (C=S) groups is 1. The van der Waals surface area contributed by atoms with Gasteiger partial charge in [-0.3, -0.25) is 15.6 Å². The van der Waals surface area contributed by atoms with E-state index in [0.717, 1.165) is 18.9 Å². The zero-order valence-electron chi connectivity index (χ0n) is 15.6. The second kappa shape index (κ2) is 8.85. The lowest BCUT2D eigenvalue weighted by atomic mass is 9.78. The standard InChI is InChI=1S/C17H26N4O4S2/c1-10-5-4-6-14(11(10)2)19-17(26)21-20-16(22)13-9-12(27(18,23)24)7-8-15(13)25-3/h7-11,14H,4-6H2,1-3H3,(H,20,22)(H2,18,23,24)(H2,19,21,26)/t10-,11+,14+/m0/s1. The first-order valence-corrected chi connectivity index (χ1v) is 10.7. The Morgan fingerprint density at radius 2 is 1.96 bits per heavy atom. The smallest absolute Gasteiger partial charge is 0.273 e.